The topological polar surface area (TPSA) is 35.5 Å². The monoisotopic (exact) mass is 250 g/mol. The van der Waals surface area contributed by atoms with Gasteiger partial charge in [0.1, 0.15) is 0 Å². The summed E-state index contributed by atoms with van der Waals surface area (Å²) in [6, 6.07) is 8.86. The van der Waals surface area contributed by atoms with Crippen LogP contribution in [0.5, 0.6) is 0 Å². The first-order chi connectivity index (χ1) is 8.74. The lowest BCUT2D eigenvalue weighted by Crippen LogP contribution is -2.31. The van der Waals surface area contributed by atoms with E-state index in [9.17, 15) is 0 Å². The fourth-order valence-corrected chi connectivity index (χ4v) is 2.01. The molecule has 0 aromatic heterocycles. The van der Waals surface area contributed by atoms with Crippen LogP contribution >= 0.6 is 0 Å². The molecule has 0 unspecified atom stereocenters. The Bertz CT molecular complexity index is 316. The van der Waals surface area contributed by atoms with Crippen molar-refractivity contribution in [2.75, 3.05) is 24.6 Å². The van der Waals surface area contributed by atoms with Crippen LogP contribution in [0.4, 0.5) is 5.69 Å². The van der Waals surface area contributed by atoms with E-state index in [1.54, 1.807) is 0 Å². The van der Waals surface area contributed by atoms with Crippen LogP contribution in [0.15, 0.2) is 24.3 Å². The molecule has 0 bridgehead atoms. The normalized spacial score (nSPS) is 12.4. The van der Waals surface area contributed by atoms with Crippen LogP contribution in [0.3, 0.4) is 0 Å². The SMILES string of the molecule is CC[C@H](CO)NCc1ccc(N(CC)CC)cc1. The third-order valence-corrected chi connectivity index (χ3v) is 3.37. The molecule has 0 spiro atoms. The van der Waals surface area contributed by atoms with E-state index in [2.05, 4.69) is 55.3 Å². The van der Waals surface area contributed by atoms with Gasteiger partial charge in [-0.2, -0.15) is 0 Å². The molecule has 1 rings (SSSR count). The van der Waals surface area contributed by atoms with Gasteiger partial charge in [-0.05, 0) is 38.0 Å². The van der Waals surface area contributed by atoms with Crippen molar-refractivity contribution < 1.29 is 5.11 Å². The molecule has 0 heterocycles. The molecule has 0 saturated carbocycles. The smallest absolute Gasteiger partial charge is 0.0584 e. The number of aliphatic hydroxyl groups is 1. The maximum atomic E-state index is 9.12. The number of benzene rings is 1. The minimum Gasteiger partial charge on any atom is -0.395 e. The van der Waals surface area contributed by atoms with Gasteiger partial charge in [-0.15, -0.1) is 0 Å². The number of aliphatic hydroxyl groups excluding tert-OH is 1. The average Bonchev–Trinajstić information content (AvgIpc) is 2.43. The average molecular weight is 250 g/mol. The molecule has 0 aliphatic heterocycles. The molecule has 1 atom stereocenters. The highest BCUT2D eigenvalue weighted by molar-refractivity contribution is 5.47. The maximum Gasteiger partial charge on any atom is 0.0584 e. The summed E-state index contributed by atoms with van der Waals surface area (Å²) in [7, 11) is 0. The zero-order valence-corrected chi connectivity index (χ0v) is 11.8. The van der Waals surface area contributed by atoms with Crippen molar-refractivity contribution in [1.29, 1.82) is 0 Å². The Labute approximate surface area is 111 Å². The van der Waals surface area contributed by atoms with Gasteiger partial charge in [-0.3, -0.25) is 0 Å². The fourth-order valence-electron chi connectivity index (χ4n) is 2.01. The lowest BCUT2D eigenvalue weighted by Gasteiger charge is -2.21. The van der Waals surface area contributed by atoms with Crippen LogP contribution in [0.2, 0.25) is 0 Å². The van der Waals surface area contributed by atoms with E-state index in [-0.39, 0.29) is 12.6 Å². The van der Waals surface area contributed by atoms with Crippen molar-refractivity contribution in [2.45, 2.75) is 39.8 Å². The van der Waals surface area contributed by atoms with E-state index in [0.29, 0.717) is 0 Å². The fraction of sp³-hybridized carbons (Fsp3) is 0.600. The molecular weight excluding hydrogens is 224 g/mol. The summed E-state index contributed by atoms with van der Waals surface area (Å²) >= 11 is 0. The third-order valence-electron chi connectivity index (χ3n) is 3.37. The molecule has 3 nitrogen and oxygen atoms in total. The minimum atomic E-state index is 0.201. The molecule has 0 radical (unpaired) electrons. The van der Waals surface area contributed by atoms with Crippen molar-refractivity contribution in [1.82, 2.24) is 5.32 Å². The van der Waals surface area contributed by atoms with Gasteiger partial charge in [-0.1, -0.05) is 19.1 Å². The molecule has 1 aromatic carbocycles. The van der Waals surface area contributed by atoms with Crippen LogP contribution in [-0.2, 0) is 6.54 Å². The van der Waals surface area contributed by atoms with Crippen molar-refractivity contribution in [3.8, 4) is 0 Å². The molecule has 0 fully saturated rings. The first-order valence-corrected chi connectivity index (χ1v) is 6.93. The first kappa shape index (κ1) is 15.0. The van der Waals surface area contributed by atoms with Crippen molar-refractivity contribution >= 4 is 5.69 Å². The van der Waals surface area contributed by atoms with E-state index >= 15 is 0 Å². The van der Waals surface area contributed by atoms with Gasteiger partial charge >= 0.3 is 0 Å². The molecule has 0 amide bonds. The zero-order chi connectivity index (χ0) is 13.4. The number of nitrogens with zero attached hydrogens (tertiary/aromatic N) is 1. The largest absolute Gasteiger partial charge is 0.395 e. The second kappa shape index (κ2) is 8.11. The van der Waals surface area contributed by atoms with Gasteiger partial charge in [0.25, 0.3) is 0 Å². The van der Waals surface area contributed by atoms with Crippen molar-refractivity contribution in [3.05, 3.63) is 29.8 Å². The summed E-state index contributed by atoms with van der Waals surface area (Å²) < 4.78 is 0. The number of nitrogens with one attached hydrogen (secondary N) is 1. The second-order valence-electron chi connectivity index (χ2n) is 4.51. The van der Waals surface area contributed by atoms with Gasteiger partial charge in [-0.25, -0.2) is 0 Å². The molecular formula is C15H26N2O. The van der Waals surface area contributed by atoms with Crippen LogP contribution in [-0.4, -0.2) is 30.8 Å². The van der Waals surface area contributed by atoms with E-state index in [1.165, 1.54) is 11.3 Å². The second-order valence-corrected chi connectivity index (χ2v) is 4.51. The van der Waals surface area contributed by atoms with Crippen LogP contribution in [0, 0.1) is 0 Å². The highest BCUT2D eigenvalue weighted by atomic mass is 16.3. The van der Waals surface area contributed by atoms with Crippen molar-refractivity contribution in [3.63, 3.8) is 0 Å². The van der Waals surface area contributed by atoms with Gasteiger partial charge in [0.15, 0.2) is 0 Å². The quantitative estimate of drug-likeness (QED) is 0.743. The minimum absolute atomic E-state index is 0.201. The molecule has 1 aromatic rings. The summed E-state index contributed by atoms with van der Waals surface area (Å²) in [4.78, 5) is 2.33. The zero-order valence-electron chi connectivity index (χ0n) is 11.8. The summed E-state index contributed by atoms with van der Waals surface area (Å²) in [5.41, 5.74) is 2.54. The Morgan fingerprint density at radius 1 is 1.11 bits per heavy atom. The van der Waals surface area contributed by atoms with E-state index in [1.807, 2.05) is 0 Å². The summed E-state index contributed by atoms with van der Waals surface area (Å²) in [6.07, 6.45) is 0.952. The highest BCUT2D eigenvalue weighted by Crippen LogP contribution is 2.14. The van der Waals surface area contributed by atoms with Gasteiger partial charge in [0.05, 0.1) is 6.61 Å². The molecule has 102 valence electrons. The third kappa shape index (κ3) is 4.31. The van der Waals surface area contributed by atoms with E-state index in [0.717, 1.165) is 26.1 Å². The molecule has 0 saturated heterocycles. The Hall–Kier alpha value is -1.06. The van der Waals surface area contributed by atoms with Crippen molar-refractivity contribution in [2.24, 2.45) is 0 Å². The van der Waals surface area contributed by atoms with Gasteiger partial charge in [0.2, 0.25) is 0 Å². The predicted molar refractivity (Wildman–Crippen MR) is 78.0 cm³/mol. The molecule has 18 heavy (non-hydrogen) atoms. The van der Waals surface area contributed by atoms with Gasteiger partial charge in [0, 0.05) is 31.4 Å². The Morgan fingerprint density at radius 3 is 2.17 bits per heavy atom. The maximum absolute atomic E-state index is 9.12. The van der Waals surface area contributed by atoms with Crippen LogP contribution in [0.1, 0.15) is 32.8 Å². The number of rotatable bonds is 8. The molecule has 2 N–H and O–H groups in total. The van der Waals surface area contributed by atoms with E-state index < -0.39 is 0 Å². The lowest BCUT2D eigenvalue weighted by molar-refractivity contribution is 0.238. The van der Waals surface area contributed by atoms with Gasteiger partial charge < -0.3 is 15.3 Å². The highest BCUT2D eigenvalue weighted by Gasteiger charge is 2.04. The molecule has 0 aliphatic rings. The summed E-state index contributed by atoms with van der Waals surface area (Å²) in [6.45, 7) is 9.52. The summed E-state index contributed by atoms with van der Waals surface area (Å²) in [5.74, 6) is 0. The number of anilines is 1. The van der Waals surface area contributed by atoms with Crippen LogP contribution in [0.25, 0.3) is 0 Å². The Kier molecular flexibility index (Phi) is 6.76. The predicted octanol–water partition coefficient (Wildman–Crippen LogP) is 2.39. The number of hydrogen-bond donors (Lipinski definition) is 2. The Balaban J connectivity index is 2.54. The van der Waals surface area contributed by atoms with Crippen LogP contribution < -0.4 is 10.2 Å². The standard InChI is InChI=1S/C15H26N2O/c1-4-14(12-18)16-11-13-7-9-15(10-8-13)17(5-2)6-3/h7-10,14,16,18H,4-6,11-12H2,1-3H3/t14-/m1/s1. The number of hydrogen-bond acceptors (Lipinski definition) is 3. The lowest BCUT2D eigenvalue weighted by atomic mass is 10.1. The molecule has 0 aliphatic carbocycles. The molecule has 3 heteroatoms. The van der Waals surface area contributed by atoms with E-state index in [4.69, 9.17) is 5.11 Å². The first-order valence-electron chi connectivity index (χ1n) is 6.93. The Morgan fingerprint density at radius 2 is 1.72 bits per heavy atom. The summed E-state index contributed by atoms with van der Waals surface area (Å²) in [5, 5.41) is 12.5.